The molecule has 0 aliphatic heterocycles. The van der Waals surface area contributed by atoms with Crippen LogP contribution in [0.5, 0.6) is 5.75 Å². The molecule has 0 bridgehead atoms. The van der Waals surface area contributed by atoms with E-state index in [1.807, 2.05) is 0 Å². The molecule has 0 aliphatic carbocycles. The summed E-state index contributed by atoms with van der Waals surface area (Å²) in [4.78, 5) is 12.3. The first-order valence-electron chi connectivity index (χ1n) is 8.21. The van der Waals surface area contributed by atoms with Gasteiger partial charge in [0.15, 0.2) is 0 Å². The van der Waals surface area contributed by atoms with Gasteiger partial charge in [0.1, 0.15) is 5.75 Å². The Morgan fingerprint density at radius 1 is 1.04 bits per heavy atom. The van der Waals surface area contributed by atoms with Gasteiger partial charge in [-0.1, -0.05) is 23.7 Å². The highest BCUT2D eigenvalue weighted by Crippen LogP contribution is 2.19. The number of benzene rings is 2. The van der Waals surface area contributed by atoms with Crippen molar-refractivity contribution in [2.75, 3.05) is 0 Å². The van der Waals surface area contributed by atoms with Crippen molar-refractivity contribution >= 4 is 27.5 Å². The average Bonchev–Trinajstić information content (AvgIpc) is 2.61. The van der Waals surface area contributed by atoms with Gasteiger partial charge in [-0.05, 0) is 55.8 Å². The first-order chi connectivity index (χ1) is 13.1. The molecule has 2 N–H and O–H groups in total. The molecule has 28 heavy (non-hydrogen) atoms. The maximum atomic E-state index is 12.3. The molecule has 152 valence electrons. The Morgan fingerprint density at radius 3 is 2.14 bits per heavy atom. The van der Waals surface area contributed by atoms with Gasteiger partial charge in [0.2, 0.25) is 15.9 Å². The molecular formula is C18H19ClF2N2O4S. The van der Waals surface area contributed by atoms with Crippen LogP contribution in [-0.2, 0) is 14.8 Å². The summed E-state index contributed by atoms with van der Waals surface area (Å²) < 4.78 is 55.6. The predicted molar refractivity (Wildman–Crippen MR) is 101 cm³/mol. The van der Waals surface area contributed by atoms with E-state index in [1.54, 1.807) is 6.92 Å². The lowest BCUT2D eigenvalue weighted by Gasteiger charge is -2.19. The van der Waals surface area contributed by atoms with Crippen molar-refractivity contribution in [1.82, 2.24) is 10.0 Å². The van der Waals surface area contributed by atoms with Crippen LogP contribution in [0.15, 0.2) is 53.4 Å². The number of nitrogens with one attached hydrogen (secondary N) is 2. The molecule has 2 aromatic carbocycles. The Morgan fingerprint density at radius 2 is 1.61 bits per heavy atom. The van der Waals surface area contributed by atoms with Crippen molar-refractivity contribution in [2.45, 2.75) is 37.4 Å². The number of carbonyl (C=O) groups excluding carboxylic acids is 1. The van der Waals surface area contributed by atoms with E-state index in [9.17, 15) is 22.0 Å². The Balaban J connectivity index is 1.98. The van der Waals surface area contributed by atoms with Gasteiger partial charge >= 0.3 is 6.61 Å². The van der Waals surface area contributed by atoms with Gasteiger partial charge in [-0.15, -0.1) is 0 Å². The zero-order chi connectivity index (χ0) is 20.9. The molecular weight excluding hydrogens is 414 g/mol. The van der Waals surface area contributed by atoms with Crippen LogP contribution in [0.4, 0.5) is 8.78 Å². The monoisotopic (exact) mass is 432 g/mol. The molecule has 2 atom stereocenters. The number of halogens is 3. The first-order valence-corrected chi connectivity index (χ1v) is 10.1. The van der Waals surface area contributed by atoms with E-state index in [2.05, 4.69) is 14.8 Å². The van der Waals surface area contributed by atoms with Crippen LogP contribution in [0.1, 0.15) is 25.5 Å². The van der Waals surface area contributed by atoms with Crippen LogP contribution < -0.4 is 14.8 Å². The Labute approximate surface area is 166 Å². The van der Waals surface area contributed by atoms with Gasteiger partial charge in [-0.3, -0.25) is 4.79 Å². The fourth-order valence-electron chi connectivity index (χ4n) is 2.33. The highest BCUT2D eigenvalue weighted by atomic mass is 35.5. The maximum Gasteiger partial charge on any atom is 0.387 e. The highest BCUT2D eigenvalue weighted by Gasteiger charge is 2.23. The van der Waals surface area contributed by atoms with Crippen molar-refractivity contribution in [2.24, 2.45) is 0 Å². The van der Waals surface area contributed by atoms with Crippen molar-refractivity contribution < 1.29 is 26.7 Å². The topological polar surface area (TPSA) is 84.5 Å². The summed E-state index contributed by atoms with van der Waals surface area (Å²) in [5.41, 5.74) is 0.641. The quantitative estimate of drug-likeness (QED) is 0.668. The third kappa shape index (κ3) is 6.15. The summed E-state index contributed by atoms with van der Waals surface area (Å²) >= 11 is 5.74. The van der Waals surface area contributed by atoms with Crippen LogP contribution in [0.2, 0.25) is 5.02 Å². The molecule has 0 radical (unpaired) electrons. The number of sulfonamides is 1. The second-order valence-corrected chi connectivity index (χ2v) is 8.13. The van der Waals surface area contributed by atoms with E-state index in [1.165, 1.54) is 55.5 Å². The molecule has 0 saturated heterocycles. The van der Waals surface area contributed by atoms with Crippen LogP contribution in [0, 0.1) is 0 Å². The molecule has 2 aromatic rings. The molecule has 2 rings (SSSR count). The summed E-state index contributed by atoms with van der Waals surface area (Å²) in [6.07, 6.45) is 0. The molecule has 0 aliphatic rings. The summed E-state index contributed by atoms with van der Waals surface area (Å²) in [6, 6.07) is 9.81. The minimum Gasteiger partial charge on any atom is -0.435 e. The lowest BCUT2D eigenvalue weighted by Crippen LogP contribution is -2.45. The molecule has 0 heterocycles. The number of ether oxygens (including phenoxy) is 1. The molecule has 0 aromatic heterocycles. The molecule has 0 fully saturated rings. The second kappa shape index (κ2) is 9.31. The van der Waals surface area contributed by atoms with Crippen LogP contribution in [-0.4, -0.2) is 27.0 Å². The normalized spacial score (nSPS) is 13.8. The van der Waals surface area contributed by atoms with Gasteiger partial charge in [0.05, 0.1) is 17.0 Å². The number of amides is 1. The zero-order valence-corrected chi connectivity index (χ0v) is 16.6. The molecule has 10 heteroatoms. The lowest BCUT2D eigenvalue weighted by atomic mass is 10.1. The third-order valence-corrected chi connectivity index (χ3v) is 5.62. The van der Waals surface area contributed by atoms with Crippen LogP contribution >= 0.6 is 11.6 Å². The standard InChI is InChI=1S/C18H19ClF2N2O4S/c1-11(13-3-7-15(8-4-13)27-18(20)21)22-17(24)12(2)23-28(25,26)16-9-5-14(19)6-10-16/h3-12,18,23H,1-2H3,(H,22,24)/t11?,12-/m0/s1. The Bertz CT molecular complexity index is 906. The van der Waals surface area contributed by atoms with E-state index in [0.717, 1.165) is 0 Å². The molecule has 6 nitrogen and oxygen atoms in total. The minimum atomic E-state index is -3.90. The smallest absolute Gasteiger partial charge is 0.387 e. The minimum absolute atomic E-state index is 0.00127. The largest absolute Gasteiger partial charge is 0.435 e. The lowest BCUT2D eigenvalue weighted by molar-refractivity contribution is -0.123. The summed E-state index contributed by atoms with van der Waals surface area (Å²) in [5.74, 6) is -0.542. The second-order valence-electron chi connectivity index (χ2n) is 5.97. The summed E-state index contributed by atoms with van der Waals surface area (Å²) in [7, 11) is -3.90. The Hall–Kier alpha value is -2.23. The van der Waals surface area contributed by atoms with Gasteiger partial charge in [-0.2, -0.15) is 13.5 Å². The first kappa shape index (κ1) is 22.1. The van der Waals surface area contributed by atoms with Crippen LogP contribution in [0.3, 0.4) is 0 Å². The highest BCUT2D eigenvalue weighted by molar-refractivity contribution is 7.89. The number of rotatable bonds is 8. The number of hydrogen-bond donors (Lipinski definition) is 2. The maximum absolute atomic E-state index is 12.3. The van der Waals surface area contributed by atoms with Crippen molar-refractivity contribution in [3.05, 3.63) is 59.1 Å². The number of alkyl halides is 2. The fourth-order valence-corrected chi connectivity index (χ4v) is 3.66. The van der Waals surface area contributed by atoms with E-state index in [4.69, 9.17) is 11.6 Å². The predicted octanol–water partition coefficient (Wildman–Crippen LogP) is 3.49. The van der Waals surface area contributed by atoms with E-state index in [-0.39, 0.29) is 10.6 Å². The molecule has 1 amide bonds. The van der Waals surface area contributed by atoms with E-state index in [0.29, 0.717) is 10.6 Å². The van der Waals surface area contributed by atoms with Crippen molar-refractivity contribution in [1.29, 1.82) is 0 Å². The van der Waals surface area contributed by atoms with Gasteiger partial charge in [0, 0.05) is 5.02 Å². The molecule has 0 spiro atoms. The Kier molecular flexibility index (Phi) is 7.34. The summed E-state index contributed by atoms with van der Waals surface area (Å²) in [6.45, 7) is 0.175. The third-order valence-electron chi connectivity index (χ3n) is 3.81. The van der Waals surface area contributed by atoms with Crippen molar-refractivity contribution in [3.8, 4) is 5.75 Å². The van der Waals surface area contributed by atoms with Gasteiger partial charge in [0.25, 0.3) is 0 Å². The van der Waals surface area contributed by atoms with E-state index >= 15 is 0 Å². The average molecular weight is 433 g/mol. The number of hydrogen-bond acceptors (Lipinski definition) is 4. The van der Waals surface area contributed by atoms with Gasteiger partial charge in [-0.25, -0.2) is 8.42 Å². The molecule has 0 saturated carbocycles. The fraction of sp³-hybridized carbons (Fsp3) is 0.278. The van der Waals surface area contributed by atoms with E-state index < -0.39 is 34.6 Å². The summed E-state index contributed by atoms with van der Waals surface area (Å²) in [5, 5.41) is 3.06. The molecule has 1 unspecified atom stereocenters. The number of carbonyl (C=O) groups is 1. The van der Waals surface area contributed by atoms with Crippen LogP contribution in [0.25, 0.3) is 0 Å². The van der Waals surface area contributed by atoms with Crippen molar-refractivity contribution in [3.63, 3.8) is 0 Å². The van der Waals surface area contributed by atoms with Gasteiger partial charge < -0.3 is 10.1 Å². The SMILES string of the molecule is CC(NC(=O)[C@H](C)NS(=O)(=O)c1ccc(Cl)cc1)c1ccc(OC(F)F)cc1. The zero-order valence-electron chi connectivity index (χ0n) is 15.0.